The number of aliphatic hydroxyl groups is 1. The summed E-state index contributed by atoms with van der Waals surface area (Å²) in [5.41, 5.74) is 0. The Hall–Kier alpha value is -0.570. The van der Waals surface area contributed by atoms with Gasteiger partial charge in [0.1, 0.15) is 0 Å². The number of likely N-dealkylation sites (N-methyl/N-ethyl adjacent to an activating group) is 1. The van der Waals surface area contributed by atoms with Crippen LogP contribution in [-0.2, 0) is 4.79 Å². The molecule has 1 unspecified atom stereocenters. The number of aliphatic hydroxyl groups excluding tert-OH is 1. The van der Waals surface area contributed by atoms with Gasteiger partial charge in [0.2, 0.25) is 5.91 Å². The summed E-state index contributed by atoms with van der Waals surface area (Å²) in [7, 11) is 1.83. The first kappa shape index (κ1) is 12.9. The van der Waals surface area contributed by atoms with E-state index in [0.717, 1.165) is 12.8 Å². The third-order valence-corrected chi connectivity index (χ3v) is 4.24. The van der Waals surface area contributed by atoms with Crippen molar-refractivity contribution in [1.82, 2.24) is 4.90 Å². The van der Waals surface area contributed by atoms with Gasteiger partial charge in [0.25, 0.3) is 0 Å². The van der Waals surface area contributed by atoms with E-state index in [1.54, 1.807) is 4.90 Å². The van der Waals surface area contributed by atoms with Crippen molar-refractivity contribution in [2.24, 2.45) is 11.8 Å². The summed E-state index contributed by atoms with van der Waals surface area (Å²) in [5, 5.41) is 9.82. The Morgan fingerprint density at radius 2 is 1.88 bits per heavy atom. The predicted octanol–water partition coefficient (Wildman–Crippen LogP) is 2.19. The quantitative estimate of drug-likeness (QED) is 0.799. The van der Waals surface area contributed by atoms with Crippen LogP contribution in [0.2, 0.25) is 0 Å². The molecule has 3 nitrogen and oxygen atoms in total. The number of nitrogens with zero attached hydrogens (tertiary/aromatic N) is 1. The summed E-state index contributed by atoms with van der Waals surface area (Å²) in [6.45, 7) is 0.524. The van der Waals surface area contributed by atoms with Crippen LogP contribution in [0, 0.1) is 11.8 Å². The highest BCUT2D eigenvalue weighted by molar-refractivity contribution is 5.76. The second kappa shape index (κ2) is 5.85. The zero-order valence-corrected chi connectivity index (χ0v) is 10.9. The summed E-state index contributed by atoms with van der Waals surface area (Å²) in [6.07, 6.45) is 8.98. The van der Waals surface area contributed by atoms with Crippen LogP contribution in [0.1, 0.15) is 51.4 Å². The first-order valence-electron chi connectivity index (χ1n) is 7.09. The number of amides is 1. The molecule has 1 N–H and O–H groups in total. The monoisotopic (exact) mass is 239 g/mol. The highest BCUT2D eigenvalue weighted by Gasteiger charge is 2.31. The smallest absolute Gasteiger partial charge is 0.222 e. The van der Waals surface area contributed by atoms with E-state index >= 15 is 0 Å². The third kappa shape index (κ3) is 3.98. The lowest BCUT2D eigenvalue weighted by atomic mass is 9.86. The molecule has 0 bridgehead atoms. The summed E-state index contributed by atoms with van der Waals surface area (Å²) in [5.74, 6) is 1.27. The van der Waals surface area contributed by atoms with E-state index < -0.39 is 0 Å². The maximum absolute atomic E-state index is 12.0. The molecule has 2 fully saturated rings. The van der Waals surface area contributed by atoms with Gasteiger partial charge in [0.15, 0.2) is 0 Å². The molecule has 0 heterocycles. The van der Waals surface area contributed by atoms with Gasteiger partial charge < -0.3 is 10.0 Å². The van der Waals surface area contributed by atoms with Crippen LogP contribution >= 0.6 is 0 Å². The van der Waals surface area contributed by atoms with Crippen LogP contribution in [-0.4, -0.2) is 35.6 Å². The summed E-state index contributed by atoms with van der Waals surface area (Å²) >= 11 is 0. The largest absolute Gasteiger partial charge is 0.391 e. The van der Waals surface area contributed by atoms with Crippen LogP contribution in [0.5, 0.6) is 0 Å². The van der Waals surface area contributed by atoms with E-state index in [9.17, 15) is 9.90 Å². The number of carbonyl (C=O) groups is 1. The highest BCUT2D eigenvalue weighted by atomic mass is 16.3. The van der Waals surface area contributed by atoms with Gasteiger partial charge in [-0.05, 0) is 37.5 Å². The van der Waals surface area contributed by atoms with Crippen molar-refractivity contribution in [3.63, 3.8) is 0 Å². The maximum atomic E-state index is 12.0. The Bertz CT molecular complexity index is 257. The van der Waals surface area contributed by atoms with E-state index in [-0.39, 0.29) is 12.0 Å². The third-order valence-electron chi connectivity index (χ3n) is 4.24. The molecule has 17 heavy (non-hydrogen) atoms. The molecule has 2 saturated carbocycles. The van der Waals surface area contributed by atoms with E-state index in [1.165, 1.54) is 32.1 Å². The Labute approximate surface area is 104 Å². The molecule has 1 amide bonds. The molecule has 2 aliphatic carbocycles. The van der Waals surface area contributed by atoms with Crippen LogP contribution in [0.3, 0.4) is 0 Å². The minimum Gasteiger partial charge on any atom is -0.391 e. The summed E-state index contributed by atoms with van der Waals surface area (Å²) < 4.78 is 0. The second-order valence-corrected chi connectivity index (χ2v) is 5.89. The molecule has 0 saturated heterocycles. The minimum absolute atomic E-state index is 0.219. The molecule has 2 rings (SSSR count). The Morgan fingerprint density at radius 1 is 1.24 bits per heavy atom. The van der Waals surface area contributed by atoms with Crippen molar-refractivity contribution >= 4 is 5.91 Å². The SMILES string of the molecule is CN(CC(O)C1CC1)C(=O)CC1CCCCC1. The van der Waals surface area contributed by atoms with E-state index in [0.29, 0.717) is 24.8 Å². The average Bonchev–Trinajstić information content (AvgIpc) is 3.14. The van der Waals surface area contributed by atoms with Gasteiger partial charge in [-0.2, -0.15) is 0 Å². The average molecular weight is 239 g/mol. The van der Waals surface area contributed by atoms with Gasteiger partial charge in [-0.1, -0.05) is 19.3 Å². The zero-order chi connectivity index (χ0) is 12.3. The topological polar surface area (TPSA) is 40.5 Å². The minimum atomic E-state index is -0.296. The molecule has 0 radical (unpaired) electrons. The van der Waals surface area contributed by atoms with Crippen LogP contribution in [0.4, 0.5) is 0 Å². The van der Waals surface area contributed by atoms with Crippen molar-refractivity contribution < 1.29 is 9.90 Å². The fourth-order valence-electron chi connectivity index (χ4n) is 2.81. The fraction of sp³-hybridized carbons (Fsp3) is 0.929. The van der Waals surface area contributed by atoms with Crippen molar-refractivity contribution in [3.05, 3.63) is 0 Å². The van der Waals surface area contributed by atoms with Gasteiger partial charge in [0.05, 0.1) is 6.10 Å². The van der Waals surface area contributed by atoms with Crippen molar-refractivity contribution in [1.29, 1.82) is 0 Å². The Kier molecular flexibility index (Phi) is 4.43. The molecule has 3 heteroatoms. The van der Waals surface area contributed by atoms with Crippen LogP contribution < -0.4 is 0 Å². The van der Waals surface area contributed by atoms with Gasteiger partial charge in [0, 0.05) is 20.0 Å². The fourth-order valence-corrected chi connectivity index (χ4v) is 2.81. The lowest BCUT2D eigenvalue weighted by Gasteiger charge is -2.25. The molecule has 0 aromatic carbocycles. The van der Waals surface area contributed by atoms with Crippen LogP contribution in [0.15, 0.2) is 0 Å². The zero-order valence-electron chi connectivity index (χ0n) is 10.9. The van der Waals surface area contributed by atoms with Gasteiger partial charge in [-0.3, -0.25) is 4.79 Å². The van der Waals surface area contributed by atoms with Gasteiger partial charge >= 0.3 is 0 Å². The molecule has 2 aliphatic rings. The predicted molar refractivity (Wildman–Crippen MR) is 67.6 cm³/mol. The van der Waals surface area contributed by atoms with Gasteiger partial charge in [-0.15, -0.1) is 0 Å². The first-order chi connectivity index (χ1) is 8.16. The number of carbonyl (C=O) groups excluding carboxylic acids is 1. The molecular formula is C14H25NO2. The normalized spacial score (nSPS) is 23.4. The highest BCUT2D eigenvalue weighted by Crippen LogP contribution is 2.33. The van der Waals surface area contributed by atoms with E-state index in [4.69, 9.17) is 0 Å². The summed E-state index contributed by atoms with van der Waals surface area (Å²) in [6, 6.07) is 0. The maximum Gasteiger partial charge on any atom is 0.222 e. The molecule has 98 valence electrons. The molecule has 0 aliphatic heterocycles. The van der Waals surface area contributed by atoms with Crippen LogP contribution in [0.25, 0.3) is 0 Å². The van der Waals surface area contributed by atoms with E-state index in [1.807, 2.05) is 7.05 Å². The van der Waals surface area contributed by atoms with Crippen molar-refractivity contribution in [2.45, 2.75) is 57.5 Å². The van der Waals surface area contributed by atoms with Gasteiger partial charge in [-0.25, -0.2) is 0 Å². The molecule has 1 atom stereocenters. The lowest BCUT2D eigenvalue weighted by molar-refractivity contribution is -0.132. The number of hydrogen-bond acceptors (Lipinski definition) is 2. The number of rotatable bonds is 5. The van der Waals surface area contributed by atoms with Crippen molar-refractivity contribution in [3.8, 4) is 0 Å². The molecular weight excluding hydrogens is 214 g/mol. The number of hydrogen-bond donors (Lipinski definition) is 1. The first-order valence-corrected chi connectivity index (χ1v) is 7.09. The van der Waals surface area contributed by atoms with Crippen molar-refractivity contribution in [2.75, 3.05) is 13.6 Å². The lowest BCUT2D eigenvalue weighted by Crippen LogP contribution is -2.36. The Morgan fingerprint density at radius 3 is 2.47 bits per heavy atom. The molecule has 0 aromatic heterocycles. The molecule has 0 spiro atoms. The van der Waals surface area contributed by atoms with E-state index in [2.05, 4.69) is 0 Å². The molecule has 0 aromatic rings. The Balaban J connectivity index is 1.69. The summed E-state index contributed by atoms with van der Waals surface area (Å²) in [4.78, 5) is 13.7. The standard InChI is InChI=1S/C14H25NO2/c1-15(10-13(16)12-7-8-12)14(17)9-11-5-3-2-4-6-11/h11-13,16H,2-10H2,1H3. The second-order valence-electron chi connectivity index (χ2n) is 5.89.